The van der Waals surface area contributed by atoms with Gasteiger partial charge in [0.1, 0.15) is 0 Å². The first kappa shape index (κ1) is 20.3. The summed E-state index contributed by atoms with van der Waals surface area (Å²) < 4.78 is 2.59. The molecule has 4 rings (SSSR count). The maximum absolute atomic E-state index is 12.8. The molecule has 30 heavy (non-hydrogen) atoms. The lowest BCUT2D eigenvalue weighted by Gasteiger charge is -2.07. The van der Waals surface area contributed by atoms with Crippen LogP contribution in [0.25, 0.3) is 17.1 Å². The first-order valence-corrected chi connectivity index (χ1v) is 10.5. The molecule has 150 valence electrons. The number of carbonyl (C=O) groups is 1. The number of rotatable bonds is 4. The molecule has 0 saturated carbocycles. The van der Waals surface area contributed by atoms with Gasteiger partial charge in [-0.05, 0) is 61.4 Å². The van der Waals surface area contributed by atoms with Gasteiger partial charge in [0.2, 0.25) is 5.82 Å². The van der Waals surface area contributed by atoms with Crippen molar-refractivity contribution in [3.63, 3.8) is 0 Å². The quantitative estimate of drug-likeness (QED) is 0.376. The van der Waals surface area contributed by atoms with Crippen molar-refractivity contribution in [2.75, 3.05) is 5.32 Å². The van der Waals surface area contributed by atoms with Gasteiger partial charge in [-0.2, -0.15) is 0 Å². The molecular formula is C23H18BrClN4O. The Morgan fingerprint density at radius 3 is 2.50 bits per heavy atom. The smallest absolute Gasteiger partial charge is 0.295 e. The predicted octanol–water partition coefficient (Wildman–Crippen LogP) is 6.22. The molecule has 0 aliphatic heterocycles. The molecule has 5 nitrogen and oxygen atoms in total. The topological polar surface area (TPSA) is 59.8 Å². The van der Waals surface area contributed by atoms with E-state index in [-0.39, 0.29) is 11.7 Å². The standard InChI is InChI=1S/C23H18BrClN4O/c1-14-4-3-5-18(12-14)26-23(30)21-27-22(16-7-9-17(24)10-8-16)29(28-21)19-11-6-15(2)20(25)13-19/h3-13H,1-2H3,(H,26,30). The van der Waals surface area contributed by atoms with E-state index < -0.39 is 0 Å². The van der Waals surface area contributed by atoms with E-state index >= 15 is 0 Å². The number of aryl methyl sites for hydroxylation is 2. The van der Waals surface area contributed by atoms with Gasteiger partial charge in [-0.1, -0.05) is 57.9 Å². The first-order chi connectivity index (χ1) is 14.4. The number of carbonyl (C=O) groups excluding carboxylic acids is 1. The van der Waals surface area contributed by atoms with Crippen molar-refractivity contribution < 1.29 is 4.79 Å². The molecule has 1 N–H and O–H groups in total. The molecule has 3 aromatic carbocycles. The van der Waals surface area contributed by atoms with Crippen LogP contribution in [0.4, 0.5) is 5.69 Å². The normalized spacial score (nSPS) is 10.8. The zero-order valence-electron chi connectivity index (χ0n) is 16.4. The van der Waals surface area contributed by atoms with Crippen molar-refractivity contribution in [1.29, 1.82) is 0 Å². The van der Waals surface area contributed by atoms with Gasteiger partial charge in [0.15, 0.2) is 5.82 Å². The van der Waals surface area contributed by atoms with E-state index in [1.807, 2.05) is 80.6 Å². The summed E-state index contributed by atoms with van der Waals surface area (Å²) in [7, 11) is 0. The largest absolute Gasteiger partial charge is 0.319 e. The number of amides is 1. The number of hydrogen-bond donors (Lipinski definition) is 1. The van der Waals surface area contributed by atoms with E-state index in [2.05, 4.69) is 31.3 Å². The Balaban J connectivity index is 1.77. The maximum Gasteiger partial charge on any atom is 0.295 e. The highest BCUT2D eigenvalue weighted by molar-refractivity contribution is 9.10. The second-order valence-corrected chi connectivity index (χ2v) is 8.26. The summed E-state index contributed by atoms with van der Waals surface area (Å²) in [5.74, 6) is 0.249. The second kappa shape index (κ2) is 8.42. The molecule has 0 unspecified atom stereocenters. The summed E-state index contributed by atoms with van der Waals surface area (Å²) in [6.45, 7) is 3.90. The van der Waals surface area contributed by atoms with Crippen molar-refractivity contribution >= 4 is 39.1 Å². The summed E-state index contributed by atoms with van der Waals surface area (Å²) >= 11 is 9.77. The number of nitrogens with one attached hydrogen (secondary N) is 1. The van der Waals surface area contributed by atoms with Crippen molar-refractivity contribution in [2.24, 2.45) is 0 Å². The molecule has 0 saturated heterocycles. The van der Waals surface area contributed by atoms with Crippen LogP contribution in [-0.2, 0) is 0 Å². The predicted molar refractivity (Wildman–Crippen MR) is 123 cm³/mol. The lowest BCUT2D eigenvalue weighted by atomic mass is 10.2. The average molecular weight is 482 g/mol. The number of nitrogens with zero attached hydrogens (tertiary/aromatic N) is 3. The van der Waals surface area contributed by atoms with Gasteiger partial charge in [-0.15, -0.1) is 5.10 Å². The van der Waals surface area contributed by atoms with Crippen molar-refractivity contribution in [3.8, 4) is 17.1 Å². The highest BCUT2D eigenvalue weighted by Crippen LogP contribution is 2.26. The molecule has 1 aromatic heterocycles. The fourth-order valence-electron chi connectivity index (χ4n) is 3.00. The van der Waals surface area contributed by atoms with Gasteiger partial charge < -0.3 is 5.32 Å². The van der Waals surface area contributed by atoms with Crippen LogP contribution in [0.15, 0.2) is 71.2 Å². The zero-order chi connectivity index (χ0) is 21.3. The highest BCUT2D eigenvalue weighted by atomic mass is 79.9. The molecular weight excluding hydrogens is 464 g/mol. The monoisotopic (exact) mass is 480 g/mol. The van der Waals surface area contributed by atoms with Crippen LogP contribution in [0.3, 0.4) is 0 Å². The summed E-state index contributed by atoms with van der Waals surface area (Å²) in [5.41, 5.74) is 4.27. The van der Waals surface area contributed by atoms with Gasteiger partial charge in [-0.3, -0.25) is 4.79 Å². The maximum atomic E-state index is 12.8. The lowest BCUT2D eigenvalue weighted by Crippen LogP contribution is -2.14. The first-order valence-electron chi connectivity index (χ1n) is 9.28. The summed E-state index contributed by atoms with van der Waals surface area (Å²) in [6, 6.07) is 20.9. The van der Waals surface area contributed by atoms with Gasteiger partial charge in [0.05, 0.1) is 5.69 Å². The second-order valence-electron chi connectivity index (χ2n) is 6.93. The minimum absolute atomic E-state index is 0.0751. The van der Waals surface area contributed by atoms with Crippen molar-refractivity contribution in [3.05, 3.63) is 93.2 Å². The minimum Gasteiger partial charge on any atom is -0.319 e. The average Bonchev–Trinajstić information content (AvgIpc) is 3.16. The Kier molecular flexibility index (Phi) is 5.70. The molecule has 0 atom stereocenters. The van der Waals surface area contributed by atoms with E-state index in [9.17, 15) is 4.79 Å². The van der Waals surface area contributed by atoms with Crippen LogP contribution in [0.2, 0.25) is 5.02 Å². The molecule has 0 aliphatic carbocycles. The third kappa shape index (κ3) is 4.30. The molecule has 1 heterocycles. The highest BCUT2D eigenvalue weighted by Gasteiger charge is 2.19. The van der Waals surface area contributed by atoms with Gasteiger partial charge >= 0.3 is 0 Å². The van der Waals surface area contributed by atoms with Crippen LogP contribution >= 0.6 is 27.5 Å². The summed E-state index contributed by atoms with van der Waals surface area (Å²) in [5, 5.41) is 7.97. The summed E-state index contributed by atoms with van der Waals surface area (Å²) in [4.78, 5) is 17.4. The Morgan fingerprint density at radius 1 is 1.03 bits per heavy atom. The number of halogens is 2. The van der Waals surface area contributed by atoms with Gasteiger partial charge in [-0.25, -0.2) is 9.67 Å². The third-order valence-electron chi connectivity index (χ3n) is 4.59. The van der Waals surface area contributed by atoms with Crippen LogP contribution in [0.1, 0.15) is 21.7 Å². The Hall–Kier alpha value is -2.96. The Morgan fingerprint density at radius 2 is 1.80 bits per heavy atom. The molecule has 1 amide bonds. The molecule has 7 heteroatoms. The number of aromatic nitrogens is 3. The fourth-order valence-corrected chi connectivity index (χ4v) is 3.44. The molecule has 4 aromatic rings. The lowest BCUT2D eigenvalue weighted by molar-refractivity contribution is 0.101. The Labute approximate surface area is 187 Å². The van der Waals surface area contributed by atoms with Crippen LogP contribution in [0, 0.1) is 13.8 Å². The zero-order valence-corrected chi connectivity index (χ0v) is 18.7. The number of anilines is 1. The number of hydrogen-bond acceptors (Lipinski definition) is 3. The molecule has 0 spiro atoms. The van der Waals surface area contributed by atoms with Crippen LogP contribution < -0.4 is 5.32 Å². The van der Waals surface area contributed by atoms with Crippen molar-refractivity contribution in [1.82, 2.24) is 14.8 Å². The Bertz CT molecular complexity index is 1230. The van der Waals surface area contributed by atoms with E-state index in [0.717, 1.165) is 26.9 Å². The van der Waals surface area contributed by atoms with Crippen molar-refractivity contribution in [2.45, 2.75) is 13.8 Å². The van der Waals surface area contributed by atoms with E-state index in [1.165, 1.54) is 0 Å². The van der Waals surface area contributed by atoms with Crippen LogP contribution in [-0.4, -0.2) is 20.7 Å². The summed E-state index contributed by atoms with van der Waals surface area (Å²) in [6.07, 6.45) is 0. The van der Waals surface area contributed by atoms with E-state index in [1.54, 1.807) is 4.68 Å². The van der Waals surface area contributed by atoms with Gasteiger partial charge in [0, 0.05) is 20.7 Å². The minimum atomic E-state index is -0.379. The molecule has 0 fully saturated rings. The SMILES string of the molecule is Cc1cccc(NC(=O)c2nc(-c3ccc(Br)cc3)n(-c3ccc(C)c(Cl)c3)n2)c1. The van der Waals surface area contributed by atoms with E-state index in [4.69, 9.17) is 11.6 Å². The third-order valence-corrected chi connectivity index (χ3v) is 5.52. The molecule has 0 aliphatic rings. The molecule has 0 bridgehead atoms. The van der Waals surface area contributed by atoms with Crippen LogP contribution in [0.5, 0.6) is 0 Å². The molecule has 0 radical (unpaired) electrons. The fraction of sp³-hybridized carbons (Fsp3) is 0.0870. The van der Waals surface area contributed by atoms with E-state index in [0.29, 0.717) is 16.5 Å². The van der Waals surface area contributed by atoms with Gasteiger partial charge in [0.25, 0.3) is 5.91 Å². The number of benzene rings is 3.